The molecule has 13 heavy (non-hydrogen) atoms. The van der Waals surface area contributed by atoms with Crippen molar-refractivity contribution in [1.82, 2.24) is 0 Å². The number of rotatable bonds is 2. The number of anilines is 1. The Bertz CT molecular complexity index is 334. The molecule has 0 unspecified atom stereocenters. The first-order chi connectivity index (χ1) is 6.19. The minimum absolute atomic E-state index is 0.607. The van der Waals surface area contributed by atoms with Gasteiger partial charge in [-0.2, -0.15) is 5.10 Å². The van der Waals surface area contributed by atoms with Crippen LogP contribution in [0, 0.1) is 0 Å². The first-order valence-electron chi connectivity index (χ1n) is 3.87. The summed E-state index contributed by atoms with van der Waals surface area (Å²) in [4.78, 5) is 0. The summed E-state index contributed by atoms with van der Waals surface area (Å²) in [5, 5.41) is 3.58. The monoisotopic (exact) mass is 179 g/mol. The summed E-state index contributed by atoms with van der Waals surface area (Å²) in [6.07, 6.45) is 0. The van der Waals surface area contributed by atoms with Crippen LogP contribution in [0.5, 0.6) is 5.75 Å². The highest BCUT2D eigenvalue weighted by molar-refractivity contribution is 5.99. The van der Waals surface area contributed by atoms with E-state index in [0.29, 0.717) is 11.4 Å². The van der Waals surface area contributed by atoms with E-state index in [9.17, 15) is 0 Å². The SMILES string of the molecule is COc1cc(C(C)=NN)ccc1N. The van der Waals surface area contributed by atoms with E-state index in [4.69, 9.17) is 16.3 Å². The lowest BCUT2D eigenvalue weighted by atomic mass is 10.1. The van der Waals surface area contributed by atoms with Crippen molar-refractivity contribution >= 4 is 11.4 Å². The van der Waals surface area contributed by atoms with E-state index in [-0.39, 0.29) is 0 Å². The van der Waals surface area contributed by atoms with Crippen molar-refractivity contribution in [2.45, 2.75) is 6.92 Å². The Morgan fingerprint density at radius 3 is 2.69 bits per heavy atom. The second kappa shape index (κ2) is 3.80. The molecule has 1 aromatic carbocycles. The van der Waals surface area contributed by atoms with Gasteiger partial charge in [0.05, 0.1) is 18.5 Å². The smallest absolute Gasteiger partial charge is 0.142 e. The summed E-state index contributed by atoms with van der Waals surface area (Å²) in [5.74, 6) is 5.79. The zero-order valence-electron chi connectivity index (χ0n) is 7.74. The highest BCUT2D eigenvalue weighted by atomic mass is 16.5. The topological polar surface area (TPSA) is 73.6 Å². The van der Waals surface area contributed by atoms with Gasteiger partial charge in [0.2, 0.25) is 0 Å². The molecule has 0 heterocycles. The summed E-state index contributed by atoms with van der Waals surface area (Å²) in [6, 6.07) is 5.42. The van der Waals surface area contributed by atoms with Crippen LogP contribution in [0.3, 0.4) is 0 Å². The van der Waals surface area contributed by atoms with Gasteiger partial charge in [0.25, 0.3) is 0 Å². The highest BCUT2D eigenvalue weighted by Gasteiger charge is 2.02. The summed E-state index contributed by atoms with van der Waals surface area (Å²) in [7, 11) is 1.57. The zero-order chi connectivity index (χ0) is 9.84. The molecule has 0 aliphatic rings. The number of methoxy groups -OCH3 is 1. The van der Waals surface area contributed by atoms with Crippen molar-refractivity contribution < 1.29 is 4.74 Å². The molecule has 1 aromatic rings. The molecule has 0 saturated carbocycles. The molecule has 4 heteroatoms. The summed E-state index contributed by atoms with van der Waals surface area (Å²) in [6.45, 7) is 1.82. The Kier molecular flexibility index (Phi) is 2.74. The molecule has 70 valence electrons. The number of hydrogen-bond acceptors (Lipinski definition) is 4. The lowest BCUT2D eigenvalue weighted by Crippen LogP contribution is -2.00. The number of hydrazone groups is 1. The minimum Gasteiger partial charge on any atom is -0.495 e. The molecule has 0 atom stereocenters. The molecule has 0 spiro atoms. The average molecular weight is 179 g/mol. The third-order valence-corrected chi connectivity index (χ3v) is 1.84. The van der Waals surface area contributed by atoms with Crippen LogP contribution in [0.4, 0.5) is 5.69 Å². The molecule has 4 nitrogen and oxygen atoms in total. The average Bonchev–Trinajstić information content (AvgIpc) is 2.17. The normalized spacial score (nSPS) is 11.4. The van der Waals surface area contributed by atoms with Crippen LogP contribution in [-0.4, -0.2) is 12.8 Å². The van der Waals surface area contributed by atoms with Crippen LogP contribution in [0.2, 0.25) is 0 Å². The molecule has 0 radical (unpaired) electrons. The van der Waals surface area contributed by atoms with Gasteiger partial charge in [0, 0.05) is 5.56 Å². The fourth-order valence-electron chi connectivity index (χ4n) is 1.01. The van der Waals surface area contributed by atoms with E-state index < -0.39 is 0 Å². The van der Waals surface area contributed by atoms with Crippen molar-refractivity contribution in [3.63, 3.8) is 0 Å². The van der Waals surface area contributed by atoms with Gasteiger partial charge >= 0.3 is 0 Å². The van der Waals surface area contributed by atoms with Crippen LogP contribution in [0.15, 0.2) is 23.3 Å². The number of benzene rings is 1. The lowest BCUT2D eigenvalue weighted by Gasteiger charge is -2.06. The fraction of sp³-hybridized carbons (Fsp3) is 0.222. The Labute approximate surface area is 77.2 Å². The minimum atomic E-state index is 0.607. The molecule has 0 aliphatic carbocycles. The number of hydrogen-bond donors (Lipinski definition) is 2. The number of ether oxygens (including phenoxy) is 1. The predicted molar refractivity (Wildman–Crippen MR) is 53.8 cm³/mol. The Morgan fingerprint density at radius 1 is 1.46 bits per heavy atom. The van der Waals surface area contributed by atoms with E-state index >= 15 is 0 Å². The standard InChI is InChI=1S/C9H13N3O/c1-6(12-11)7-3-4-8(10)9(5-7)13-2/h3-5H,10-11H2,1-2H3. The molecular formula is C9H13N3O. The largest absolute Gasteiger partial charge is 0.495 e. The first kappa shape index (κ1) is 9.38. The Balaban J connectivity index is 3.13. The van der Waals surface area contributed by atoms with Gasteiger partial charge in [0.1, 0.15) is 5.75 Å². The quantitative estimate of drug-likeness (QED) is 0.307. The second-order valence-corrected chi connectivity index (χ2v) is 2.67. The van der Waals surface area contributed by atoms with Crippen molar-refractivity contribution in [3.8, 4) is 5.75 Å². The van der Waals surface area contributed by atoms with Crippen molar-refractivity contribution in [2.24, 2.45) is 10.9 Å². The number of nitrogens with zero attached hydrogens (tertiary/aromatic N) is 1. The van der Waals surface area contributed by atoms with Crippen molar-refractivity contribution in [1.29, 1.82) is 0 Å². The van der Waals surface area contributed by atoms with Gasteiger partial charge in [-0.15, -0.1) is 0 Å². The molecule has 0 bridgehead atoms. The van der Waals surface area contributed by atoms with E-state index in [0.717, 1.165) is 11.3 Å². The molecule has 0 amide bonds. The molecule has 4 N–H and O–H groups in total. The second-order valence-electron chi connectivity index (χ2n) is 2.67. The third kappa shape index (κ3) is 1.90. The van der Waals surface area contributed by atoms with Crippen LogP contribution in [0.1, 0.15) is 12.5 Å². The van der Waals surface area contributed by atoms with Crippen molar-refractivity contribution in [3.05, 3.63) is 23.8 Å². The molecule has 0 fully saturated rings. The van der Waals surface area contributed by atoms with Gasteiger partial charge in [-0.25, -0.2) is 0 Å². The summed E-state index contributed by atoms with van der Waals surface area (Å²) in [5.41, 5.74) is 7.91. The molecule has 0 aromatic heterocycles. The maximum Gasteiger partial charge on any atom is 0.142 e. The molecule has 0 aliphatic heterocycles. The van der Waals surface area contributed by atoms with E-state index in [1.807, 2.05) is 13.0 Å². The van der Waals surface area contributed by atoms with E-state index in [2.05, 4.69) is 5.10 Å². The van der Waals surface area contributed by atoms with Gasteiger partial charge in [-0.05, 0) is 19.1 Å². The maximum atomic E-state index is 5.65. The zero-order valence-corrected chi connectivity index (χ0v) is 7.74. The Morgan fingerprint density at radius 2 is 2.15 bits per heavy atom. The molecule has 0 saturated heterocycles. The Hall–Kier alpha value is -1.71. The van der Waals surface area contributed by atoms with Gasteiger partial charge in [0.15, 0.2) is 0 Å². The first-order valence-corrected chi connectivity index (χ1v) is 3.87. The summed E-state index contributed by atoms with van der Waals surface area (Å²) >= 11 is 0. The lowest BCUT2D eigenvalue weighted by molar-refractivity contribution is 0.417. The van der Waals surface area contributed by atoms with Crippen LogP contribution >= 0.6 is 0 Å². The summed E-state index contributed by atoms with van der Waals surface area (Å²) < 4.78 is 5.06. The van der Waals surface area contributed by atoms with E-state index in [1.165, 1.54) is 0 Å². The van der Waals surface area contributed by atoms with Crippen molar-refractivity contribution in [2.75, 3.05) is 12.8 Å². The van der Waals surface area contributed by atoms with Crippen LogP contribution in [0.25, 0.3) is 0 Å². The number of nitrogens with two attached hydrogens (primary N) is 2. The highest BCUT2D eigenvalue weighted by Crippen LogP contribution is 2.22. The number of nitrogen functional groups attached to an aromatic ring is 1. The molecular weight excluding hydrogens is 166 g/mol. The fourth-order valence-corrected chi connectivity index (χ4v) is 1.01. The van der Waals surface area contributed by atoms with Crippen LogP contribution < -0.4 is 16.3 Å². The molecule has 1 rings (SSSR count). The predicted octanol–water partition coefficient (Wildman–Crippen LogP) is 0.960. The van der Waals surface area contributed by atoms with Gasteiger partial charge < -0.3 is 16.3 Å². The van der Waals surface area contributed by atoms with Crippen LogP contribution in [-0.2, 0) is 0 Å². The van der Waals surface area contributed by atoms with E-state index in [1.54, 1.807) is 19.2 Å². The maximum absolute atomic E-state index is 5.65. The van der Waals surface area contributed by atoms with Gasteiger partial charge in [-0.1, -0.05) is 6.07 Å². The third-order valence-electron chi connectivity index (χ3n) is 1.84. The van der Waals surface area contributed by atoms with Gasteiger partial charge in [-0.3, -0.25) is 0 Å².